The lowest BCUT2D eigenvalue weighted by Crippen LogP contribution is -2.39. The quantitative estimate of drug-likeness (QED) is 0.922. The SMILES string of the molecule is O=C(Nc1ccccc1)N(Cc1cccnc1)CC1CCCO1. The molecule has 1 aromatic carbocycles. The number of amides is 2. The van der Waals surface area contributed by atoms with Crippen molar-refractivity contribution in [2.24, 2.45) is 0 Å². The van der Waals surface area contributed by atoms with Gasteiger partial charge in [-0.05, 0) is 36.6 Å². The number of para-hydroxylation sites is 1. The maximum atomic E-state index is 12.6. The van der Waals surface area contributed by atoms with Crippen LogP contribution < -0.4 is 5.32 Å². The van der Waals surface area contributed by atoms with Crippen LogP contribution in [-0.4, -0.2) is 35.2 Å². The van der Waals surface area contributed by atoms with E-state index in [4.69, 9.17) is 4.74 Å². The van der Waals surface area contributed by atoms with Crippen molar-refractivity contribution in [1.29, 1.82) is 0 Å². The van der Waals surface area contributed by atoms with E-state index in [1.807, 2.05) is 42.5 Å². The van der Waals surface area contributed by atoms with Gasteiger partial charge in [0.05, 0.1) is 6.10 Å². The number of nitrogens with zero attached hydrogens (tertiary/aromatic N) is 2. The highest BCUT2D eigenvalue weighted by Crippen LogP contribution is 2.16. The number of aromatic nitrogens is 1. The molecular formula is C18H21N3O2. The fourth-order valence-corrected chi connectivity index (χ4v) is 2.69. The Morgan fingerprint density at radius 2 is 2.13 bits per heavy atom. The van der Waals surface area contributed by atoms with Gasteiger partial charge in [-0.15, -0.1) is 0 Å². The lowest BCUT2D eigenvalue weighted by Gasteiger charge is -2.25. The predicted octanol–water partition coefficient (Wildman–Crippen LogP) is 3.29. The summed E-state index contributed by atoms with van der Waals surface area (Å²) in [5.41, 5.74) is 1.80. The van der Waals surface area contributed by atoms with Crippen LogP contribution >= 0.6 is 0 Å². The Morgan fingerprint density at radius 1 is 1.26 bits per heavy atom. The molecule has 1 aliphatic rings. The van der Waals surface area contributed by atoms with Gasteiger partial charge in [-0.1, -0.05) is 24.3 Å². The van der Waals surface area contributed by atoms with Gasteiger partial charge < -0.3 is 15.0 Å². The summed E-state index contributed by atoms with van der Waals surface area (Å²) in [6.45, 7) is 1.89. The van der Waals surface area contributed by atoms with Crippen molar-refractivity contribution in [3.8, 4) is 0 Å². The largest absolute Gasteiger partial charge is 0.376 e. The van der Waals surface area contributed by atoms with Gasteiger partial charge in [0.2, 0.25) is 0 Å². The number of urea groups is 1. The lowest BCUT2D eigenvalue weighted by molar-refractivity contribution is 0.0819. The molecule has 5 nitrogen and oxygen atoms in total. The number of benzene rings is 1. The predicted molar refractivity (Wildman–Crippen MR) is 89.1 cm³/mol. The third kappa shape index (κ3) is 4.53. The van der Waals surface area contributed by atoms with Crippen molar-refractivity contribution in [1.82, 2.24) is 9.88 Å². The van der Waals surface area contributed by atoms with Crippen LogP contribution in [0.4, 0.5) is 10.5 Å². The molecule has 0 spiro atoms. The molecule has 1 unspecified atom stereocenters. The van der Waals surface area contributed by atoms with E-state index < -0.39 is 0 Å². The molecule has 0 saturated carbocycles. The molecule has 120 valence electrons. The molecule has 1 fully saturated rings. The molecular weight excluding hydrogens is 290 g/mol. The summed E-state index contributed by atoms with van der Waals surface area (Å²) >= 11 is 0. The van der Waals surface area contributed by atoms with Gasteiger partial charge in [-0.25, -0.2) is 4.79 Å². The average molecular weight is 311 g/mol. The molecule has 1 aromatic heterocycles. The summed E-state index contributed by atoms with van der Waals surface area (Å²) in [5.74, 6) is 0. The Hall–Kier alpha value is -2.40. The Kier molecular flexibility index (Phi) is 5.21. The standard InChI is InChI=1S/C18H21N3O2/c22-18(20-16-7-2-1-3-8-16)21(14-17-9-5-11-23-17)13-15-6-4-10-19-12-15/h1-4,6-8,10,12,17H,5,9,11,13-14H2,(H,20,22). The molecule has 0 bridgehead atoms. The molecule has 2 heterocycles. The third-order valence-corrected chi connectivity index (χ3v) is 3.86. The van der Waals surface area contributed by atoms with Crippen LogP contribution in [0.5, 0.6) is 0 Å². The van der Waals surface area contributed by atoms with Gasteiger partial charge in [0.15, 0.2) is 0 Å². The number of ether oxygens (including phenoxy) is 1. The van der Waals surface area contributed by atoms with Gasteiger partial charge >= 0.3 is 6.03 Å². The zero-order chi connectivity index (χ0) is 15.9. The van der Waals surface area contributed by atoms with Crippen molar-refractivity contribution < 1.29 is 9.53 Å². The van der Waals surface area contributed by atoms with Crippen LogP contribution in [0.2, 0.25) is 0 Å². The number of hydrogen-bond donors (Lipinski definition) is 1. The van der Waals surface area contributed by atoms with E-state index in [0.717, 1.165) is 30.7 Å². The highest BCUT2D eigenvalue weighted by Gasteiger charge is 2.23. The van der Waals surface area contributed by atoms with Gasteiger partial charge in [-0.3, -0.25) is 4.98 Å². The van der Waals surface area contributed by atoms with Gasteiger partial charge in [0, 0.05) is 37.8 Å². The first-order valence-electron chi connectivity index (χ1n) is 7.93. The highest BCUT2D eigenvalue weighted by molar-refractivity contribution is 5.89. The van der Waals surface area contributed by atoms with E-state index in [-0.39, 0.29) is 12.1 Å². The molecule has 1 saturated heterocycles. The van der Waals surface area contributed by atoms with Crippen LogP contribution in [0.3, 0.4) is 0 Å². The van der Waals surface area contributed by atoms with Crippen molar-refractivity contribution in [3.05, 3.63) is 60.4 Å². The molecule has 0 aliphatic carbocycles. The van der Waals surface area contributed by atoms with E-state index >= 15 is 0 Å². The second-order valence-corrected chi connectivity index (χ2v) is 5.67. The van der Waals surface area contributed by atoms with E-state index in [0.29, 0.717) is 13.1 Å². The van der Waals surface area contributed by atoms with Crippen LogP contribution in [-0.2, 0) is 11.3 Å². The number of rotatable bonds is 5. The molecule has 2 aromatic rings. The first-order chi connectivity index (χ1) is 11.3. The van der Waals surface area contributed by atoms with Crippen LogP contribution in [0, 0.1) is 0 Å². The van der Waals surface area contributed by atoms with Crippen molar-refractivity contribution in [2.45, 2.75) is 25.5 Å². The molecule has 1 N–H and O–H groups in total. The van der Waals surface area contributed by atoms with Gasteiger partial charge in [0.1, 0.15) is 0 Å². The van der Waals surface area contributed by atoms with Crippen LogP contribution in [0.1, 0.15) is 18.4 Å². The molecule has 5 heteroatoms. The second-order valence-electron chi connectivity index (χ2n) is 5.67. The summed E-state index contributed by atoms with van der Waals surface area (Å²) in [5, 5.41) is 2.95. The van der Waals surface area contributed by atoms with Gasteiger partial charge in [0.25, 0.3) is 0 Å². The van der Waals surface area contributed by atoms with Gasteiger partial charge in [-0.2, -0.15) is 0 Å². The fourth-order valence-electron chi connectivity index (χ4n) is 2.69. The van der Waals surface area contributed by atoms with Crippen molar-refractivity contribution in [3.63, 3.8) is 0 Å². The lowest BCUT2D eigenvalue weighted by atomic mass is 10.2. The Balaban J connectivity index is 1.69. The molecule has 0 radical (unpaired) electrons. The third-order valence-electron chi connectivity index (χ3n) is 3.86. The van der Waals surface area contributed by atoms with E-state index in [1.165, 1.54) is 0 Å². The molecule has 23 heavy (non-hydrogen) atoms. The first-order valence-corrected chi connectivity index (χ1v) is 7.93. The van der Waals surface area contributed by atoms with Crippen molar-refractivity contribution in [2.75, 3.05) is 18.5 Å². The average Bonchev–Trinajstić information content (AvgIpc) is 3.09. The minimum atomic E-state index is -0.115. The van der Waals surface area contributed by atoms with E-state index in [1.54, 1.807) is 17.3 Å². The zero-order valence-corrected chi connectivity index (χ0v) is 13.0. The zero-order valence-electron chi connectivity index (χ0n) is 13.0. The minimum absolute atomic E-state index is 0.115. The second kappa shape index (κ2) is 7.74. The number of carbonyl (C=O) groups is 1. The monoisotopic (exact) mass is 311 g/mol. The van der Waals surface area contributed by atoms with Crippen LogP contribution in [0.25, 0.3) is 0 Å². The van der Waals surface area contributed by atoms with E-state index in [9.17, 15) is 4.79 Å². The molecule has 1 atom stereocenters. The number of anilines is 1. The fraction of sp³-hybridized carbons (Fsp3) is 0.333. The summed E-state index contributed by atoms with van der Waals surface area (Å²) in [6, 6.07) is 13.2. The number of nitrogens with one attached hydrogen (secondary N) is 1. The summed E-state index contributed by atoms with van der Waals surface area (Å²) in [6.07, 6.45) is 5.71. The van der Waals surface area contributed by atoms with E-state index in [2.05, 4.69) is 10.3 Å². The minimum Gasteiger partial charge on any atom is -0.376 e. The highest BCUT2D eigenvalue weighted by atomic mass is 16.5. The Labute approximate surface area is 136 Å². The summed E-state index contributed by atoms with van der Waals surface area (Å²) in [4.78, 5) is 18.6. The summed E-state index contributed by atoms with van der Waals surface area (Å²) < 4.78 is 5.68. The number of hydrogen-bond acceptors (Lipinski definition) is 3. The maximum Gasteiger partial charge on any atom is 0.322 e. The van der Waals surface area contributed by atoms with Crippen LogP contribution in [0.15, 0.2) is 54.9 Å². The normalized spacial score (nSPS) is 17.0. The molecule has 1 aliphatic heterocycles. The summed E-state index contributed by atoms with van der Waals surface area (Å²) in [7, 11) is 0. The number of carbonyl (C=O) groups excluding carboxylic acids is 1. The molecule has 3 rings (SSSR count). The number of pyridine rings is 1. The first kappa shape index (κ1) is 15.5. The topological polar surface area (TPSA) is 54.5 Å². The Bertz CT molecular complexity index is 613. The Morgan fingerprint density at radius 3 is 2.83 bits per heavy atom. The maximum absolute atomic E-state index is 12.6. The smallest absolute Gasteiger partial charge is 0.322 e. The van der Waals surface area contributed by atoms with Crippen molar-refractivity contribution >= 4 is 11.7 Å². The molecule has 2 amide bonds.